The first-order chi connectivity index (χ1) is 18.7. The van der Waals surface area contributed by atoms with E-state index in [0.29, 0.717) is 24.2 Å². The molecule has 0 bridgehead atoms. The summed E-state index contributed by atoms with van der Waals surface area (Å²) in [6.07, 6.45) is 6.32. The maximum atomic E-state index is 13.4. The molecule has 1 aliphatic carbocycles. The number of nitrogens with zero attached hydrogens (tertiary/aromatic N) is 4. The molecule has 6 rings (SSSR count). The van der Waals surface area contributed by atoms with Gasteiger partial charge in [-0.15, -0.1) is 0 Å². The molecule has 39 heavy (non-hydrogen) atoms. The lowest BCUT2D eigenvalue weighted by atomic mass is 9.73. The van der Waals surface area contributed by atoms with Crippen LogP contribution in [-0.2, 0) is 16.5 Å². The number of benzene rings is 1. The van der Waals surface area contributed by atoms with Crippen molar-refractivity contribution >= 4 is 28.9 Å². The second-order valence-electron chi connectivity index (χ2n) is 12.0. The maximum absolute atomic E-state index is 13.4. The molecule has 0 radical (unpaired) electrons. The van der Waals surface area contributed by atoms with Gasteiger partial charge >= 0.3 is 6.18 Å². The Morgan fingerprint density at radius 3 is 2.38 bits per heavy atom. The molecule has 7 nitrogen and oxygen atoms in total. The molecule has 0 unspecified atom stereocenters. The Labute approximate surface area is 232 Å². The zero-order valence-corrected chi connectivity index (χ0v) is 22.8. The van der Waals surface area contributed by atoms with Crippen LogP contribution in [-0.4, -0.2) is 66.4 Å². The highest BCUT2D eigenvalue weighted by atomic mass is 35.5. The molecule has 3 saturated heterocycles. The molecule has 1 saturated carbocycles. The fourth-order valence-electron chi connectivity index (χ4n) is 6.59. The average Bonchev–Trinajstić information content (AvgIpc) is 3.34. The predicted molar refractivity (Wildman–Crippen MR) is 145 cm³/mol. The van der Waals surface area contributed by atoms with Crippen molar-refractivity contribution in [3.63, 3.8) is 0 Å². The first-order valence-corrected chi connectivity index (χ1v) is 14.5. The summed E-state index contributed by atoms with van der Waals surface area (Å²) >= 11 is 6.09. The largest absolute Gasteiger partial charge is 0.416 e. The zero-order valence-electron chi connectivity index (χ0n) is 22.1. The van der Waals surface area contributed by atoms with Crippen LogP contribution < -0.4 is 15.5 Å². The van der Waals surface area contributed by atoms with Crippen LogP contribution in [0.5, 0.6) is 0 Å². The zero-order chi connectivity index (χ0) is 27.3. The molecule has 212 valence electrons. The molecule has 1 amide bonds. The molecule has 1 spiro atoms. The summed E-state index contributed by atoms with van der Waals surface area (Å²) in [5, 5.41) is 10.6. The number of rotatable bonds is 6. The molecule has 4 aliphatic rings. The van der Waals surface area contributed by atoms with Gasteiger partial charge in [-0.1, -0.05) is 11.6 Å². The van der Waals surface area contributed by atoms with Gasteiger partial charge in [-0.3, -0.25) is 9.48 Å². The molecule has 4 fully saturated rings. The number of anilines is 2. The van der Waals surface area contributed by atoms with E-state index in [-0.39, 0.29) is 16.6 Å². The third-order valence-corrected chi connectivity index (χ3v) is 9.88. The van der Waals surface area contributed by atoms with Gasteiger partial charge in [0.15, 0.2) is 0 Å². The van der Waals surface area contributed by atoms with Crippen LogP contribution in [0.4, 0.5) is 24.5 Å². The Kier molecular flexibility index (Phi) is 7.08. The number of piperidine rings is 2. The number of amides is 1. The summed E-state index contributed by atoms with van der Waals surface area (Å²) in [6.45, 7) is 7.95. The van der Waals surface area contributed by atoms with Gasteiger partial charge in [0, 0.05) is 38.9 Å². The van der Waals surface area contributed by atoms with Crippen LogP contribution in [0.3, 0.4) is 0 Å². The number of nitrogens with one attached hydrogen (secondary N) is 2. The van der Waals surface area contributed by atoms with Crippen LogP contribution in [0.2, 0.25) is 5.02 Å². The van der Waals surface area contributed by atoms with E-state index < -0.39 is 17.3 Å². The maximum Gasteiger partial charge on any atom is 0.416 e. The second kappa shape index (κ2) is 10.3. The van der Waals surface area contributed by atoms with Crippen molar-refractivity contribution in [1.29, 1.82) is 0 Å². The summed E-state index contributed by atoms with van der Waals surface area (Å²) in [6, 6.07) is 2.98. The van der Waals surface area contributed by atoms with Crippen LogP contribution in [0.25, 0.3) is 0 Å². The summed E-state index contributed by atoms with van der Waals surface area (Å²) < 4.78 is 40.7. The second-order valence-corrected chi connectivity index (χ2v) is 12.4. The molecular formula is C28H36ClF3N6O. The Balaban J connectivity index is 1.05. The van der Waals surface area contributed by atoms with Gasteiger partial charge in [-0.05, 0) is 87.6 Å². The number of halogens is 4. The highest BCUT2D eigenvalue weighted by molar-refractivity contribution is 6.33. The van der Waals surface area contributed by atoms with Gasteiger partial charge in [0.2, 0.25) is 0 Å². The Morgan fingerprint density at radius 2 is 1.82 bits per heavy atom. The minimum atomic E-state index is -4.49. The average molecular weight is 565 g/mol. The summed E-state index contributed by atoms with van der Waals surface area (Å²) in [5.41, 5.74) is 0.0594. The van der Waals surface area contributed by atoms with Crippen molar-refractivity contribution < 1.29 is 18.0 Å². The van der Waals surface area contributed by atoms with Gasteiger partial charge in [-0.25, -0.2) is 0 Å². The highest BCUT2D eigenvalue weighted by Gasteiger charge is 2.47. The first-order valence-electron chi connectivity index (χ1n) is 14.1. The highest BCUT2D eigenvalue weighted by Crippen LogP contribution is 2.42. The topological polar surface area (TPSA) is 65.4 Å². The third-order valence-electron chi connectivity index (χ3n) is 9.57. The van der Waals surface area contributed by atoms with Gasteiger partial charge in [-0.2, -0.15) is 18.3 Å². The first kappa shape index (κ1) is 26.9. The number of aromatic nitrogens is 2. The van der Waals surface area contributed by atoms with Crippen LogP contribution in [0, 0.1) is 11.3 Å². The number of hydrogen-bond donors (Lipinski definition) is 2. The van der Waals surface area contributed by atoms with Gasteiger partial charge < -0.3 is 20.4 Å². The van der Waals surface area contributed by atoms with Crippen LogP contribution in [0.1, 0.15) is 50.5 Å². The molecule has 3 aliphatic heterocycles. The molecule has 1 aromatic carbocycles. The van der Waals surface area contributed by atoms with E-state index in [9.17, 15) is 18.0 Å². The molecule has 2 N–H and O–H groups in total. The van der Waals surface area contributed by atoms with Crippen LogP contribution >= 0.6 is 11.6 Å². The molecule has 0 atom stereocenters. The Morgan fingerprint density at radius 1 is 1.10 bits per heavy atom. The summed E-state index contributed by atoms with van der Waals surface area (Å²) in [7, 11) is 0. The van der Waals surface area contributed by atoms with Crippen molar-refractivity contribution in [2.75, 3.05) is 56.0 Å². The number of hydrogen-bond acceptors (Lipinski definition) is 5. The standard InChI is InChI=1S/C28H36ClF3N6O/c29-23-14-21(28(30,31)32)2-3-24(23)35-25(39)27(6-1-7-27)38-17-22(15-34-38)37-10-4-20(5-11-37)16-36-12-8-26(9-13-36)18-33-19-26/h2-3,14-15,17,20,33H,1,4-13,16,18-19H2,(H,35,39). The van der Waals surface area contributed by atoms with E-state index in [2.05, 4.69) is 25.5 Å². The van der Waals surface area contributed by atoms with Crippen molar-refractivity contribution in [2.45, 2.75) is 56.7 Å². The number of likely N-dealkylation sites (tertiary alicyclic amines) is 1. The third kappa shape index (κ3) is 5.27. The number of carbonyl (C=O) groups is 1. The van der Waals surface area contributed by atoms with E-state index in [4.69, 9.17) is 11.6 Å². The summed E-state index contributed by atoms with van der Waals surface area (Å²) in [4.78, 5) is 18.4. The van der Waals surface area contributed by atoms with Crippen molar-refractivity contribution in [1.82, 2.24) is 20.0 Å². The number of alkyl halides is 3. The molecule has 11 heteroatoms. The van der Waals surface area contributed by atoms with Crippen molar-refractivity contribution in [2.24, 2.45) is 11.3 Å². The smallest absolute Gasteiger partial charge is 0.369 e. The van der Waals surface area contributed by atoms with E-state index in [1.54, 1.807) is 4.68 Å². The van der Waals surface area contributed by atoms with E-state index in [1.165, 1.54) is 51.6 Å². The monoisotopic (exact) mass is 564 g/mol. The molecule has 1 aromatic heterocycles. The lowest BCUT2D eigenvalue weighted by molar-refractivity contribution is -0.137. The van der Waals surface area contributed by atoms with Gasteiger partial charge in [0.25, 0.3) is 5.91 Å². The Hall–Kier alpha value is -2.30. The Bertz CT molecular complexity index is 1190. The minimum Gasteiger partial charge on any atom is -0.369 e. The van der Waals surface area contributed by atoms with E-state index in [0.717, 1.165) is 50.2 Å². The fraction of sp³-hybridized carbons (Fsp3) is 0.643. The SMILES string of the molecule is O=C(Nc1ccc(C(F)(F)F)cc1Cl)C1(n2cc(N3CCC(CN4CCC5(CC4)CNC5)CC3)cn2)CCC1. The van der Waals surface area contributed by atoms with Crippen LogP contribution in [0.15, 0.2) is 30.6 Å². The normalized spacial score (nSPS) is 23.3. The summed E-state index contributed by atoms with van der Waals surface area (Å²) in [5.74, 6) is 0.409. The minimum absolute atomic E-state index is 0.138. The van der Waals surface area contributed by atoms with Crippen molar-refractivity contribution in [3.05, 3.63) is 41.2 Å². The fourth-order valence-corrected chi connectivity index (χ4v) is 6.82. The molecular weight excluding hydrogens is 529 g/mol. The lowest BCUT2D eigenvalue weighted by Crippen LogP contribution is -2.58. The van der Waals surface area contributed by atoms with E-state index >= 15 is 0 Å². The molecule has 2 aromatic rings. The van der Waals surface area contributed by atoms with Gasteiger partial charge in [0.05, 0.1) is 28.2 Å². The number of carbonyl (C=O) groups excluding carboxylic acids is 1. The quantitative estimate of drug-likeness (QED) is 0.518. The van der Waals surface area contributed by atoms with Gasteiger partial charge in [0.1, 0.15) is 5.54 Å². The predicted octanol–water partition coefficient (Wildman–Crippen LogP) is 4.98. The van der Waals surface area contributed by atoms with Crippen molar-refractivity contribution in [3.8, 4) is 0 Å². The van der Waals surface area contributed by atoms with E-state index in [1.807, 2.05) is 12.4 Å². The molecule has 4 heterocycles. The lowest BCUT2D eigenvalue weighted by Gasteiger charge is -2.49.